The third kappa shape index (κ3) is 4.02. The molecule has 2 aromatic rings. The monoisotopic (exact) mass is 263 g/mol. The van der Waals surface area contributed by atoms with Gasteiger partial charge in [0.15, 0.2) is 0 Å². The second-order valence-electron chi connectivity index (χ2n) is 3.82. The number of anilines is 1. The van der Waals surface area contributed by atoms with Crippen LogP contribution >= 0.6 is 0 Å². The Morgan fingerprint density at radius 2 is 1.74 bits per heavy atom. The highest BCUT2D eigenvalue weighted by atomic mass is 19.1. The first kappa shape index (κ1) is 12.9. The van der Waals surface area contributed by atoms with E-state index in [9.17, 15) is 13.6 Å². The maximum Gasteiger partial charge on any atom is 0.319 e. The Kier molecular flexibility index (Phi) is 4.02. The van der Waals surface area contributed by atoms with Gasteiger partial charge in [0, 0.05) is 30.7 Å². The van der Waals surface area contributed by atoms with Gasteiger partial charge in [0.1, 0.15) is 11.6 Å². The van der Waals surface area contributed by atoms with E-state index in [4.69, 9.17) is 0 Å². The lowest BCUT2D eigenvalue weighted by Crippen LogP contribution is -2.28. The molecule has 1 aromatic heterocycles. The van der Waals surface area contributed by atoms with Crippen molar-refractivity contribution in [2.75, 3.05) is 5.32 Å². The van der Waals surface area contributed by atoms with Gasteiger partial charge in [-0.05, 0) is 29.8 Å². The SMILES string of the molecule is O=C(NCc1ccncc1)Nc1cc(F)cc(F)c1. The minimum absolute atomic E-state index is 0.0599. The van der Waals surface area contributed by atoms with E-state index in [1.165, 1.54) is 0 Å². The molecule has 0 aliphatic rings. The molecule has 0 atom stereocenters. The zero-order valence-electron chi connectivity index (χ0n) is 9.86. The number of urea groups is 1. The lowest BCUT2D eigenvalue weighted by Gasteiger charge is -2.07. The normalized spacial score (nSPS) is 10.0. The van der Waals surface area contributed by atoms with Crippen molar-refractivity contribution in [1.29, 1.82) is 0 Å². The number of carbonyl (C=O) groups is 1. The standard InChI is InChI=1S/C13H11F2N3O/c14-10-5-11(15)7-12(6-10)18-13(19)17-8-9-1-3-16-4-2-9/h1-7H,8H2,(H2,17,18,19). The number of hydrogen-bond donors (Lipinski definition) is 2. The summed E-state index contributed by atoms with van der Waals surface area (Å²) in [6, 6.07) is 5.77. The van der Waals surface area contributed by atoms with E-state index < -0.39 is 17.7 Å². The molecule has 0 bridgehead atoms. The molecule has 19 heavy (non-hydrogen) atoms. The van der Waals surface area contributed by atoms with Crippen molar-refractivity contribution < 1.29 is 13.6 Å². The van der Waals surface area contributed by atoms with Gasteiger partial charge in [0.2, 0.25) is 0 Å². The van der Waals surface area contributed by atoms with E-state index in [0.29, 0.717) is 6.54 Å². The molecule has 6 heteroatoms. The average molecular weight is 263 g/mol. The molecule has 1 aromatic carbocycles. The zero-order valence-corrected chi connectivity index (χ0v) is 9.86. The lowest BCUT2D eigenvalue weighted by molar-refractivity contribution is 0.251. The summed E-state index contributed by atoms with van der Waals surface area (Å²) in [5.41, 5.74) is 0.931. The van der Waals surface area contributed by atoms with Gasteiger partial charge in [-0.1, -0.05) is 0 Å². The molecule has 0 aliphatic heterocycles. The number of amides is 2. The first-order valence-electron chi connectivity index (χ1n) is 5.53. The molecule has 1 heterocycles. The number of rotatable bonds is 3. The maximum atomic E-state index is 12.9. The van der Waals surface area contributed by atoms with Crippen LogP contribution in [0.25, 0.3) is 0 Å². The number of pyridine rings is 1. The summed E-state index contributed by atoms with van der Waals surface area (Å²) < 4.78 is 25.8. The van der Waals surface area contributed by atoms with E-state index in [1.54, 1.807) is 24.5 Å². The van der Waals surface area contributed by atoms with Crippen molar-refractivity contribution >= 4 is 11.7 Å². The molecule has 0 unspecified atom stereocenters. The van der Waals surface area contributed by atoms with E-state index in [2.05, 4.69) is 15.6 Å². The van der Waals surface area contributed by atoms with Crippen molar-refractivity contribution in [1.82, 2.24) is 10.3 Å². The highest BCUT2D eigenvalue weighted by Crippen LogP contribution is 2.12. The molecular weight excluding hydrogens is 252 g/mol. The Labute approximate surface area is 108 Å². The van der Waals surface area contributed by atoms with E-state index in [-0.39, 0.29) is 5.69 Å². The Bertz CT molecular complexity index is 555. The molecule has 0 radical (unpaired) electrons. The Hall–Kier alpha value is -2.50. The first-order chi connectivity index (χ1) is 9.13. The lowest BCUT2D eigenvalue weighted by atomic mass is 10.3. The van der Waals surface area contributed by atoms with Crippen LogP contribution in [-0.4, -0.2) is 11.0 Å². The second-order valence-corrected chi connectivity index (χ2v) is 3.82. The molecule has 2 N–H and O–H groups in total. The van der Waals surface area contributed by atoms with Crippen LogP contribution in [0.1, 0.15) is 5.56 Å². The van der Waals surface area contributed by atoms with E-state index >= 15 is 0 Å². The van der Waals surface area contributed by atoms with Crippen molar-refractivity contribution in [3.8, 4) is 0 Å². The maximum absolute atomic E-state index is 12.9. The number of carbonyl (C=O) groups excluding carboxylic acids is 1. The number of aromatic nitrogens is 1. The molecule has 2 rings (SSSR count). The molecule has 0 aliphatic carbocycles. The quantitative estimate of drug-likeness (QED) is 0.894. The van der Waals surface area contributed by atoms with Gasteiger partial charge in [-0.2, -0.15) is 0 Å². The molecule has 0 saturated heterocycles. The summed E-state index contributed by atoms with van der Waals surface area (Å²) in [5.74, 6) is -1.49. The number of hydrogen-bond acceptors (Lipinski definition) is 2. The van der Waals surface area contributed by atoms with Gasteiger partial charge in [-0.3, -0.25) is 4.98 Å². The summed E-state index contributed by atoms with van der Waals surface area (Å²) in [6.45, 7) is 0.298. The smallest absolute Gasteiger partial charge is 0.319 e. The summed E-state index contributed by atoms with van der Waals surface area (Å²) >= 11 is 0. The van der Waals surface area contributed by atoms with Crippen LogP contribution in [0, 0.1) is 11.6 Å². The predicted molar refractivity (Wildman–Crippen MR) is 66.5 cm³/mol. The topological polar surface area (TPSA) is 54.0 Å². The van der Waals surface area contributed by atoms with Gasteiger partial charge in [-0.15, -0.1) is 0 Å². The number of benzene rings is 1. The van der Waals surface area contributed by atoms with Gasteiger partial charge < -0.3 is 10.6 Å². The number of halogens is 2. The number of nitrogens with one attached hydrogen (secondary N) is 2. The predicted octanol–water partition coefficient (Wildman–Crippen LogP) is 2.68. The van der Waals surface area contributed by atoms with Crippen LogP contribution in [-0.2, 0) is 6.54 Å². The van der Waals surface area contributed by atoms with E-state index in [1.807, 2.05) is 0 Å². The minimum Gasteiger partial charge on any atom is -0.334 e. The third-order valence-corrected chi connectivity index (χ3v) is 2.32. The van der Waals surface area contributed by atoms with Gasteiger partial charge >= 0.3 is 6.03 Å². The molecule has 0 spiro atoms. The van der Waals surface area contributed by atoms with Crippen LogP contribution in [0.15, 0.2) is 42.7 Å². The molecule has 4 nitrogen and oxygen atoms in total. The van der Waals surface area contributed by atoms with Crippen LogP contribution in [0.5, 0.6) is 0 Å². The molecule has 2 amide bonds. The molecule has 98 valence electrons. The molecule has 0 saturated carbocycles. The van der Waals surface area contributed by atoms with Crippen molar-refractivity contribution in [3.05, 3.63) is 59.9 Å². The summed E-state index contributed by atoms with van der Waals surface area (Å²) in [7, 11) is 0. The van der Waals surface area contributed by atoms with Crippen LogP contribution in [0.4, 0.5) is 19.3 Å². The number of nitrogens with zero attached hydrogens (tertiary/aromatic N) is 1. The fraction of sp³-hybridized carbons (Fsp3) is 0.0769. The van der Waals surface area contributed by atoms with Gasteiger partial charge in [-0.25, -0.2) is 13.6 Å². The van der Waals surface area contributed by atoms with Crippen molar-refractivity contribution in [2.24, 2.45) is 0 Å². The average Bonchev–Trinajstić information content (AvgIpc) is 2.36. The molecule has 0 fully saturated rings. The zero-order chi connectivity index (χ0) is 13.7. The van der Waals surface area contributed by atoms with Crippen molar-refractivity contribution in [2.45, 2.75) is 6.54 Å². The summed E-state index contributed by atoms with van der Waals surface area (Å²) in [6.07, 6.45) is 3.22. The summed E-state index contributed by atoms with van der Waals surface area (Å²) in [4.78, 5) is 15.4. The fourth-order valence-corrected chi connectivity index (χ4v) is 1.48. The highest BCUT2D eigenvalue weighted by molar-refractivity contribution is 5.89. The van der Waals surface area contributed by atoms with Crippen LogP contribution in [0.2, 0.25) is 0 Å². The van der Waals surface area contributed by atoms with Crippen LogP contribution < -0.4 is 10.6 Å². The van der Waals surface area contributed by atoms with Crippen molar-refractivity contribution in [3.63, 3.8) is 0 Å². The van der Waals surface area contributed by atoms with Gasteiger partial charge in [0.25, 0.3) is 0 Å². The Balaban J connectivity index is 1.91. The largest absolute Gasteiger partial charge is 0.334 e. The van der Waals surface area contributed by atoms with Gasteiger partial charge in [0.05, 0.1) is 0 Å². The Morgan fingerprint density at radius 3 is 2.37 bits per heavy atom. The second kappa shape index (κ2) is 5.90. The Morgan fingerprint density at radius 1 is 1.11 bits per heavy atom. The highest BCUT2D eigenvalue weighted by Gasteiger charge is 2.04. The first-order valence-corrected chi connectivity index (χ1v) is 5.53. The van der Waals surface area contributed by atoms with Crippen LogP contribution in [0.3, 0.4) is 0 Å². The van der Waals surface area contributed by atoms with E-state index in [0.717, 1.165) is 23.8 Å². The fourth-order valence-electron chi connectivity index (χ4n) is 1.48. The minimum atomic E-state index is -0.746. The summed E-state index contributed by atoms with van der Waals surface area (Å²) in [5, 5.41) is 4.91. The molecular formula is C13H11F2N3O. The third-order valence-electron chi connectivity index (χ3n) is 2.32.